The molecule has 1 saturated heterocycles. The number of unbranched alkanes of at least 4 members (excludes halogenated alkanes) is 12. The molecule has 5 nitrogen and oxygen atoms in total. The normalized spacial score (nSPS) is 25.1. The Morgan fingerprint density at radius 1 is 0.828 bits per heavy atom. The number of aliphatic hydroxyl groups is 3. The van der Waals surface area contributed by atoms with Crippen LogP contribution in [-0.2, 0) is 9.47 Å². The first-order valence-electron chi connectivity index (χ1n) is 12.1. The lowest BCUT2D eigenvalue weighted by Gasteiger charge is -2.37. The number of hydrogen-bond acceptors (Lipinski definition) is 5. The second-order valence-electron chi connectivity index (χ2n) is 8.36. The molecule has 0 amide bonds. The van der Waals surface area contributed by atoms with Gasteiger partial charge in [0.15, 0.2) is 0 Å². The molecule has 0 aromatic rings. The van der Waals surface area contributed by atoms with Gasteiger partial charge in [0.2, 0.25) is 0 Å². The van der Waals surface area contributed by atoms with Crippen LogP contribution < -0.4 is 0 Å². The highest BCUT2D eigenvalue weighted by atomic mass is 16.6. The van der Waals surface area contributed by atoms with Crippen LogP contribution in [-0.4, -0.2) is 59.6 Å². The first kappa shape index (κ1) is 26.6. The van der Waals surface area contributed by atoms with Crippen molar-refractivity contribution in [3.8, 4) is 0 Å². The van der Waals surface area contributed by atoms with Gasteiger partial charge in [-0.3, -0.25) is 0 Å². The minimum atomic E-state index is -0.971. The van der Waals surface area contributed by atoms with E-state index in [4.69, 9.17) is 14.6 Å². The topological polar surface area (TPSA) is 79.2 Å². The van der Waals surface area contributed by atoms with E-state index in [1.807, 2.05) is 0 Å². The van der Waals surface area contributed by atoms with Gasteiger partial charge in [0.25, 0.3) is 0 Å². The van der Waals surface area contributed by atoms with Crippen LogP contribution in [0.2, 0.25) is 0 Å². The van der Waals surface area contributed by atoms with Gasteiger partial charge in [-0.1, -0.05) is 83.3 Å². The number of ether oxygens (including phenoxy) is 2. The van der Waals surface area contributed by atoms with Gasteiger partial charge in [0.05, 0.1) is 13.2 Å². The average molecular weight is 415 g/mol. The molecule has 0 aromatic carbocycles. The van der Waals surface area contributed by atoms with Gasteiger partial charge in [0.1, 0.15) is 24.4 Å². The monoisotopic (exact) mass is 414 g/mol. The first-order chi connectivity index (χ1) is 14.2. The van der Waals surface area contributed by atoms with Gasteiger partial charge in [-0.05, 0) is 25.7 Å². The van der Waals surface area contributed by atoms with Crippen LogP contribution in [0.25, 0.3) is 0 Å². The molecule has 0 spiro atoms. The highest BCUT2D eigenvalue weighted by Crippen LogP contribution is 2.19. The SMILES string of the molecule is CC/C=C/CCCCCCCCCCCCCCO[C@@H]1[C@@H](O)[C@H](CO)OC[C@H]1O. The van der Waals surface area contributed by atoms with E-state index in [-0.39, 0.29) is 13.2 Å². The minimum absolute atomic E-state index is 0.100. The van der Waals surface area contributed by atoms with Crippen LogP contribution in [0.3, 0.4) is 0 Å². The summed E-state index contributed by atoms with van der Waals surface area (Å²) in [6.07, 6.45) is 19.3. The summed E-state index contributed by atoms with van der Waals surface area (Å²) in [5.41, 5.74) is 0. The molecule has 0 unspecified atom stereocenters. The van der Waals surface area contributed by atoms with Crippen LogP contribution in [0.1, 0.15) is 96.8 Å². The molecule has 29 heavy (non-hydrogen) atoms. The predicted octanol–water partition coefficient (Wildman–Crippen LogP) is 4.52. The summed E-state index contributed by atoms with van der Waals surface area (Å²) in [7, 11) is 0. The number of allylic oxidation sites excluding steroid dienone is 2. The Morgan fingerprint density at radius 3 is 1.93 bits per heavy atom. The fourth-order valence-electron chi connectivity index (χ4n) is 3.86. The van der Waals surface area contributed by atoms with Crippen molar-refractivity contribution in [2.45, 2.75) is 121 Å². The third-order valence-electron chi connectivity index (χ3n) is 5.74. The maximum Gasteiger partial charge on any atom is 0.114 e. The van der Waals surface area contributed by atoms with Crippen LogP contribution in [0.4, 0.5) is 0 Å². The summed E-state index contributed by atoms with van der Waals surface area (Å²) in [5, 5.41) is 29.1. The highest BCUT2D eigenvalue weighted by Gasteiger charge is 2.38. The second kappa shape index (κ2) is 18.3. The van der Waals surface area contributed by atoms with Crippen molar-refractivity contribution >= 4 is 0 Å². The van der Waals surface area contributed by atoms with Crippen LogP contribution in [0.5, 0.6) is 0 Å². The fourth-order valence-corrected chi connectivity index (χ4v) is 3.86. The number of aliphatic hydroxyl groups excluding tert-OH is 3. The van der Waals surface area contributed by atoms with Gasteiger partial charge in [-0.25, -0.2) is 0 Å². The lowest BCUT2D eigenvalue weighted by molar-refractivity contribution is -0.210. The van der Waals surface area contributed by atoms with Crippen molar-refractivity contribution in [3.63, 3.8) is 0 Å². The third-order valence-corrected chi connectivity index (χ3v) is 5.74. The summed E-state index contributed by atoms with van der Waals surface area (Å²) < 4.78 is 10.9. The first-order valence-corrected chi connectivity index (χ1v) is 12.1. The maximum absolute atomic E-state index is 10.1. The maximum atomic E-state index is 10.1. The van der Waals surface area contributed by atoms with Crippen molar-refractivity contribution in [2.24, 2.45) is 0 Å². The molecule has 1 aliphatic rings. The zero-order valence-corrected chi connectivity index (χ0v) is 18.6. The smallest absolute Gasteiger partial charge is 0.114 e. The van der Waals surface area contributed by atoms with E-state index in [9.17, 15) is 10.2 Å². The van der Waals surface area contributed by atoms with E-state index in [2.05, 4.69) is 19.1 Å². The Kier molecular flexibility index (Phi) is 16.8. The second-order valence-corrected chi connectivity index (χ2v) is 8.36. The van der Waals surface area contributed by atoms with E-state index >= 15 is 0 Å². The Morgan fingerprint density at radius 2 is 1.38 bits per heavy atom. The molecule has 1 fully saturated rings. The molecule has 1 heterocycles. The molecule has 0 bridgehead atoms. The van der Waals surface area contributed by atoms with Gasteiger partial charge < -0.3 is 24.8 Å². The summed E-state index contributed by atoms with van der Waals surface area (Å²) in [6, 6.07) is 0. The van der Waals surface area contributed by atoms with E-state index in [1.54, 1.807) is 0 Å². The predicted molar refractivity (Wildman–Crippen MR) is 118 cm³/mol. The van der Waals surface area contributed by atoms with E-state index in [0.29, 0.717) is 6.61 Å². The van der Waals surface area contributed by atoms with Gasteiger partial charge >= 0.3 is 0 Å². The molecular formula is C24H46O5. The third kappa shape index (κ3) is 12.7. The zero-order valence-electron chi connectivity index (χ0n) is 18.6. The molecule has 3 N–H and O–H groups in total. The molecule has 1 rings (SSSR count). The molecule has 0 aliphatic carbocycles. The lowest BCUT2D eigenvalue weighted by atomic mass is 10.0. The Bertz CT molecular complexity index is 387. The standard InChI is InChI=1S/C24H46O5/c1-2-3-4-5-6-7-8-9-10-11-12-13-14-15-16-17-18-28-24-21(26)20-29-22(19-25)23(24)27/h3-4,21-27H,2,5-20H2,1H3/b4-3+/t21-,22+,23+,24+/m1/s1. The molecule has 172 valence electrons. The largest absolute Gasteiger partial charge is 0.394 e. The van der Waals surface area contributed by atoms with E-state index < -0.39 is 24.4 Å². The van der Waals surface area contributed by atoms with Crippen molar-refractivity contribution < 1.29 is 24.8 Å². The number of rotatable bonds is 18. The Hall–Kier alpha value is -0.460. The lowest BCUT2D eigenvalue weighted by Crippen LogP contribution is -2.55. The minimum Gasteiger partial charge on any atom is -0.394 e. The molecule has 0 saturated carbocycles. The molecular weight excluding hydrogens is 368 g/mol. The van der Waals surface area contributed by atoms with Gasteiger partial charge in [-0.2, -0.15) is 0 Å². The summed E-state index contributed by atoms with van der Waals surface area (Å²) in [4.78, 5) is 0. The van der Waals surface area contributed by atoms with Crippen LogP contribution in [0, 0.1) is 0 Å². The quantitative estimate of drug-likeness (QED) is 0.227. The van der Waals surface area contributed by atoms with Crippen molar-refractivity contribution in [1.82, 2.24) is 0 Å². The average Bonchev–Trinajstić information content (AvgIpc) is 2.72. The van der Waals surface area contributed by atoms with E-state index in [1.165, 1.54) is 70.6 Å². The summed E-state index contributed by atoms with van der Waals surface area (Å²) in [6.45, 7) is 2.56. The van der Waals surface area contributed by atoms with Crippen LogP contribution >= 0.6 is 0 Å². The number of hydrogen-bond donors (Lipinski definition) is 3. The van der Waals surface area contributed by atoms with Crippen molar-refractivity contribution in [1.29, 1.82) is 0 Å². The molecule has 0 radical (unpaired) electrons. The van der Waals surface area contributed by atoms with Crippen LogP contribution in [0.15, 0.2) is 12.2 Å². The molecule has 4 atom stereocenters. The molecule has 0 aromatic heterocycles. The van der Waals surface area contributed by atoms with E-state index in [0.717, 1.165) is 19.3 Å². The van der Waals surface area contributed by atoms with Crippen molar-refractivity contribution in [3.05, 3.63) is 12.2 Å². The molecule has 5 heteroatoms. The van der Waals surface area contributed by atoms with Gasteiger partial charge in [-0.15, -0.1) is 0 Å². The Balaban J connectivity index is 1.84. The zero-order chi connectivity index (χ0) is 21.2. The highest BCUT2D eigenvalue weighted by molar-refractivity contribution is 4.87. The van der Waals surface area contributed by atoms with Gasteiger partial charge in [0, 0.05) is 6.61 Å². The Labute approximate surface area is 178 Å². The van der Waals surface area contributed by atoms with Crippen molar-refractivity contribution in [2.75, 3.05) is 19.8 Å². The summed E-state index contributed by atoms with van der Waals surface area (Å²) in [5.74, 6) is 0. The fraction of sp³-hybridized carbons (Fsp3) is 0.917. The summed E-state index contributed by atoms with van der Waals surface area (Å²) >= 11 is 0. The molecule has 1 aliphatic heterocycles.